The fourth-order valence-electron chi connectivity index (χ4n) is 1.99. The molecule has 0 aliphatic rings. The van der Waals surface area contributed by atoms with Gasteiger partial charge in [-0.25, -0.2) is 0 Å². The Bertz CT molecular complexity index is 467. The first kappa shape index (κ1) is 15.3. The van der Waals surface area contributed by atoms with Crippen LogP contribution in [0.25, 0.3) is 0 Å². The van der Waals surface area contributed by atoms with Gasteiger partial charge in [0.25, 0.3) is 0 Å². The number of alkyl halides is 3. The lowest BCUT2D eigenvalue weighted by Gasteiger charge is -2.29. The average molecular weight is 273 g/mol. The molecule has 1 aromatic rings. The third-order valence-electron chi connectivity index (χ3n) is 2.89. The van der Waals surface area contributed by atoms with Gasteiger partial charge in [0.15, 0.2) is 0 Å². The molecule has 0 aliphatic carbocycles. The maximum absolute atomic E-state index is 12.7. The zero-order valence-electron chi connectivity index (χ0n) is 11.2. The van der Waals surface area contributed by atoms with Crippen LogP contribution in [0.5, 0.6) is 0 Å². The number of nitrogen functional groups attached to an aromatic ring is 1. The standard InChI is InChI=1S/C13H18F3N3/c1-4-19(8(2)3)11-6-5-9(13(14,15)16)7-10(11)12(17)18/h5-8H,4H2,1-3H3,(H3,17,18). The molecule has 0 unspecified atom stereocenters. The quantitative estimate of drug-likeness (QED) is 0.653. The Labute approximate surface area is 110 Å². The Balaban J connectivity index is 3.38. The average Bonchev–Trinajstić information content (AvgIpc) is 2.28. The van der Waals surface area contributed by atoms with Crippen molar-refractivity contribution in [3.8, 4) is 0 Å². The molecular weight excluding hydrogens is 255 g/mol. The van der Waals surface area contributed by atoms with E-state index in [4.69, 9.17) is 11.1 Å². The summed E-state index contributed by atoms with van der Waals surface area (Å²) in [5.74, 6) is -0.361. The number of amidine groups is 1. The molecule has 3 N–H and O–H groups in total. The van der Waals surface area contributed by atoms with Gasteiger partial charge in [-0.2, -0.15) is 13.2 Å². The molecule has 0 saturated heterocycles. The van der Waals surface area contributed by atoms with Crippen LogP contribution in [0, 0.1) is 5.41 Å². The van der Waals surface area contributed by atoms with E-state index in [0.717, 1.165) is 12.1 Å². The molecule has 0 fully saturated rings. The van der Waals surface area contributed by atoms with E-state index in [1.807, 2.05) is 25.7 Å². The summed E-state index contributed by atoms with van der Waals surface area (Å²) in [5.41, 5.74) is 5.29. The van der Waals surface area contributed by atoms with Crippen molar-refractivity contribution in [3.63, 3.8) is 0 Å². The maximum Gasteiger partial charge on any atom is 0.416 e. The molecule has 1 aromatic carbocycles. The number of rotatable bonds is 4. The second-order valence-corrected chi connectivity index (χ2v) is 4.52. The van der Waals surface area contributed by atoms with Gasteiger partial charge in [0.2, 0.25) is 0 Å². The molecule has 0 radical (unpaired) electrons. The van der Waals surface area contributed by atoms with Gasteiger partial charge in [-0.15, -0.1) is 0 Å². The smallest absolute Gasteiger partial charge is 0.384 e. The second-order valence-electron chi connectivity index (χ2n) is 4.52. The molecule has 0 atom stereocenters. The molecule has 6 heteroatoms. The van der Waals surface area contributed by atoms with Crippen molar-refractivity contribution in [2.75, 3.05) is 11.4 Å². The third-order valence-corrected chi connectivity index (χ3v) is 2.89. The van der Waals surface area contributed by atoms with E-state index in [1.54, 1.807) is 0 Å². The lowest BCUT2D eigenvalue weighted by molar-refractivity contribution is -0.137. The number of hydrogen-bond donors (Lipinski definition) is 2. The van der Waals surface area contributed by atoms with Crippen LogP contribution in [-0.4, -0.2) is 18.4 Å². The minimum absolute atomic E-state index is 0.111. The predicted molar refractivity (Wildman–Crippen MR) is 70.6 cm³/mol. The van der Waals surface area contributed by atoms with Crippen molar-refractivity contribution < 1.29 is 13.2 Å². The number of halogens is 3. The van der Waals surface area contributed by atoms with Crippen molar-refractivity contribution in [2.24, 2.45) is 5.73 Å². The topological polar surface area (TPSA) is 53.1 Å². The Morgan fingerprint density at radius 1 is 1.37 bits per heavy atom. The fraction of sp³-hybridized carbons (Fsp3) is 0.462. The summed E-state index contributed by atoms with van der Waals surface area (Å²) < 4.78 is 38.0. The van der Waals surface area contributed by atoms with Crippen molar-refractivity contribution >= 4 is 11.5 Å². The van der Waals surface area contributed by atoms with Crippen LogP contribution in [0.3, 0.4) is 0 Å². The second kappa shape index (κ2) is 5.50. The van der Waals surface area contributed by atoms with Crippen LogP contribution in [0.4, 0.5) is 18.9 Å². The Morgan fingerprint density at radius 3 is 2.32 bits per heavy atom. The molecule has 0 saturated carbocycles. The lowest BCUT2D eigenvalue weighted by Crippen LogP contribution is -2.32. The van der Waals surface area contributed by atoms with E-state index in [2.05, 4.69) is 0 Å². The van der Waals surface area contributed by atoms with Crippen molar-refractivity contribution in [1.82, 2.24) is 0 Å². The van der Waals surface area contributed by atoms with Crippen LogP contribution in [0.1, 0.15) is 31.9 Å². The summed E-state index contributed by atoms with van der Waals surface area (Å²) in [6.07, 6.45) is -4.43. The van der Waals surface area contributed by atoms with E-state index in [1.165, 1.54) is 6.07 Å². The molecule has 106 valence electrons. The van der Waals surface area contributed by atoms with Crippen LogP contribution in [0.15, 0.2) is 18.2 Å². The van der Waals surface area contributed by atoms with Crippen LogP contribution in [0.2, 0.25) is 0 Å². The number of hydrogen-bond acceptors (Lipinski definition) is 2. The van der Waals surface area contributed by atoms with Crippen LogP contribution in [-0.2, 0) is 6.18 Å². The maximum atomic E-state index is 12.7. The zero-order valence-corrected chi connectivity index (χ0v) is 11.2. The molecule has 0 amide bonds. The van der Waals surface area contributed by atoms with Gasteiger partial charge in [0, 0.05) is 23.8 Å². The molecule has 0 spiro atoms. The minimum Gasteiger partial charge on any atom is -0.384 e. The summed E-state index contributed by atoms with van der Waals surface area (Å²) in [6.45, 7) is 6.40. The number of benzene rings is 1. The summed E-state index contributed by atoms with van der Waals surface area (Å²) in [6, 6.07) is 3.44. The SMILES string of the molecule is CCN(c1ccc(C(F)(F)F)cc1C(=N)N)C(C)C. The Hall–Kier alpha value is -1.72. The molecule has 0 heterocycles. The largest absolute Gasteiger partial charge is 0.416 e. The van der Waals surface area contributed by atoms with Gasteiger partial charge in [0.1, 0.15) is 5.84 Å². The van der Waals surface area contributed by atoms with Crippen LogP contribution < -0.4 is 10.6 Å². The monoisotopic (exact) mass is 273 g/mol. The highest BCUT2D eigenvalue weighted by Crippen LogP contribution is 2.33. The highest BCUT2D eigenvalue weighted by atomic mass is 19.4. The van der Waals surface area contributed by atoms with Gasteiger partial charge in [-0.1, -0.05) is 0 Å². The van der Waals surface area contributed by atoms with Gasteiger partial charge >= 0.3 is 6.18 Å². The summed E-state index contributed by atoms with van der Waals surface area (Å²) in [7, 11) is 0. The first-order valence-electron chi connectivity index (χ1n) is 6.00. The normalized spacial score (nSPS) is 11.7. The van der Waals surface area contributed by atoms with Crippen molar-refractivity contribution in [3.05, 3.63) is 29.3 Å². The lowest BCUT2D eigenvalue weighted by atomic mass is 10.1. The van der Waals surface area contributed by atoms with Gasteiger partial charge in [-0.05, 0) is 39.0 Å². The number of anilines is 1. The Morgan fingerprint density at radius 2 is 1.95 bits per heavy atom. The van der Waals surface area contributed by atoms with E-state index in [0.29, 0.717) is 12.2 Å². The van der Waals surface area contributed by atoms with Crippen LogP contribution >= 0.6 is 0 Å². The summed E-state index contributed by atoms with van der Waals surface area (Å²) >= 11 is 0. The highest BCUT2D eigenvalue weighted by Gasteiger charge is 2.31. The predicted octanol–water partition coefficient (Wildman–Crippen LogP) is 3.22. The van der Waals surface area contributed by atoms with Gasteiger partial charge in [0.05, 0.1) is 5.56 Å². The number of nitrogens with zero attached hydrogens (tertiary/aromatic N) is 1. The Kier molecular flexibility index (Phi) is 4.44. The minimum atomic E-state index is -4.43. The van der Waals surface area contributed by atoms with E-state index in [9.17, 15) is 13.2 Å². The molecular formula is C13H18F3N3. The molecule has 0 aliphatic heterocycles. The highest BCUT2D eigenvalue weighted by molar-refractivity contribution is 6.00. The summed E-state index contributed by atoms with van der Waals surface area (Å²) in [4.78, 5) is 1.90. The van der Waals surface area contributed by atoms with Crippen molar-refractivity contribution in [1.29, 1.82) is 5.41 Å². The van der Waals surface area contributed by atoms with E-state index in [-0.39, 0.29) is 17.4 Å². The zero-order chi connectivity index (χ0) is 14.8. The van der Waals surface area contributed by atoms with Crippen molar-refractivity contribution in [2.45, 2.75) is 33.0 Å². The van der Waals surface area contributed by atoms with E-state index < -0.39 is 11.7 Å². The van der Waals surface area contributed by atoms with Gasteiger partial charge in [-0.3, -0.25) is 5.41 Å². The molecule has 0 aromatic heterocycles. The third kappa shape index (κ3) is 3.39. The molecule has 0 bridgehead atoms. The number of nitrogens with two attached hydrogens (primary N) is 1. The summed E-state index contributed by atoms with van der Waals surface area (Å²) in [5, 5.41) is 7.47. The first-order chi connectivity index (χ1) is 8.68. The molecule has 1 rings (SSSR count). The first-order valence-corrected chi connectivity index (χ1v) is 6.00. The van der Waals surface area contributed by atoms with E-state index >= 15 is 0 Å². The number of nitrogens with one attached hydrogen (secondary N) is 1. The fourth-order valence-corrected chi connectivity index (χ4v) is 1.99. The molecule has 3 nitrogen and oxygen atoms in total. The van der Waals surface area contributed by atoms with Gasteiger partial charge < -0.3 is 10.6 Å². The molecule has 19 heavy (non-hydrogen) atoms.